The first kappa shape index (κ1) is 17.4. The van der Waals surface area contributed by atoms with E-state index in [9.17, 15) is 9.90 Å². The zero-order valence-corrected chi connectivity index (χ0v) is 16.3. The standard InChI is InChI=1S/C20H29BrO2/c1-13(2)14-6-5-7-15-17-18(3,10-11-20(14,15)12-21)9-8-16(22)19(17,4)23/h5,7-9,13-15,17,23H,6,10-12H2,1-4H3/t14-,15+,17-,18+,19+,20-/m0/s1. The first-order valence-electron chi connectivity index (χ1n) is 8.88. The largest absolute Gasteiger partial charge is 0.382 e. The Morgan fingerprint density at radius 1 is 1.35 bits per heavy atom. The fourth-order valence-electron chi connectivity index (χ4n) is 5.87. The number of carbonyl (C=O) groups is 1. The molecular weight excluding hydrogens is 352 g/mol. The molecule has 0 aliphatic heterocycles. The fourth-order valence-corrected chi connectivity index (χ4v) is 6.94. The normalized spacial score (nSPS) is 49.2. The molecule has 3 aliphatic rings. The third kappa shape index (κ3) is 2.33. The van der Waals surface area contributed by atoms with E-state index >= 15 is 0 Å². The van der Waals surface area contributed by atoms with E-state index in [2.05, 4.69) is 54.9 Å². The molecule has 3 heteroatoms. The molecule has 3 rings (SSSR count). The summed E-state index contributed by atoms with van der Waals surface area (Å²) < 4.78 is 0. The van der Waals surface area contributed by atoms with Gasteiger partial charge in [-0.05, 0) is 60.8 Å². The molecule has 3 aliphatic carbocycles. The molecule has 0 aromatic carbocycles. The first-order chi connectivity index (χ1) is 10.7. The van der Waals surface area contributed by atoms with Gasteiger partial charge in [0.2, 0.25) is 0 Å². The van der Waals surface area contributed by atoms with Crippen LogP contribution in [0, 0.1) is 34.5 Å². The molecule has 0 aromatic rings. The zero-order chi connectivity index (χ0) is 17.0. The van der Waals surface area contributed by atoms with Gasteiger partial charge >= 0.3 is 0 Å². The van der Waals surface area contributed by atoms with Gasteiger partial charge < -0.3 is 5.11 Å². The summed E-state index contributed by atoms with van der Waals surface area (Å²) in [6.07, 6.45) is 11.6. The first-order valence-corrected chi connectivity index (χ1v) is 10.00. The van der Waals surface area contributed by atoms with Gasteiger partial charge in [-0.3, -0.25) is 4.79 Å². The van der Waals surface area contributed by atoms with E-state index in [1.54, 1.807) is 13.0 Å². The third-order valence-electron chi connectivity index (χ3n) is 7.11. The molecule has 1 fully saturated rings. The monoisotopic (exact) mass is 380 g/mol. The number of aliphatic hydroxyl groups is 1. The third-order valence-corrected chi connectivity index (χ3v) is 8.15. The maximum absolute atomic E-state index is 12.4. The Morgan fingerprint density at radius 2 is 2.04 bits per heavy atom. The Kier molecular flexibility index (Phi) is 4.21. The zero-order valence-electron chi connectivity index (χ0n) is 14.7. The smallest absolute Gasteiger partial charge is 0.186 e. The molecule has 128 valence electrons. The Bertz CT molecular complexity index is 562. The Hall–Kier alpha value is -0.410. The highest BCUT2D eigenvalue weighted by Crippen LogP contribution is 2.64. The number of rotatable bonds is 2. The van der Waals surface area contributed by atoms with Crippen LogP contribution in [0.2, 0.25) is 0 Å². The summed E-state index contributed by atoms with van der Waals surface area (Å²) >= 11 is 3.82. The summed E-state index contributed by atoms with van der Waals surface area (Å²) in [5, 5.41) is 12.1. The number of ketones is 1. The molecule has 0 amide bonds. The highest BCUT2D eigenvalue weighted by Gasteiger charge is 2.62. The average molecular weight is 381 g/mol. The summed E-state index contributed by atoms with van der Waals surface area (Å²) in [4.78, 5) is 12.4. The minimum atomic E-state index is -1.27. The van der Waals surface area contributed by atoms with E-state index in [1.807, 2.05) is 0 Å². The summed E-state index contributed by atoms with van der Waals surface area (Å²) in [6, 6.07) is 0. The maximum Gasteiger partial charge on any atom is 0.186 e. The van der Waals surface area contributed by atoms with Crippen LogP contribution < -0.4 is 0 Å². The molecule has 6 atom stereocenters. The van der Waals surface area contributed by atoms with Crippen LogP contribution in [0.5, 0.6) is 0 Å². The van der Waals surface area contributed by atoms with E-state index in [0.717, 1.165) is 24.6 Å². The SMILES string of the molecule is CC(C)[C@@H]1CC=C[C@@H]2[C@H]3[C@](C)(C=CC(=O)[C@@]3(C)O)CC[C@@]21CBr. The summed E-state index contributed by atoms with van der Waals surface area (Å²) in [7, 11) is 0. The van der Waals surface area contributed by atoms with Crippen molar-refractivity contribution in [3.05, 3.63) is 24.3 Å². The molecule has 1 N–H and O–H groups in total. The molecule has 0 saturated heterocycles. The number of halogens is 1. The van der Waals surface area contributed by atoms with Crippen molar-refractivity contribution in [1.82, 2.24) is 0 Å². The van der Waals surface area contributed by atoms with Crippen LogP contribution in [0.15, 0.2) is 24.3 Å². The van der Waals surface area contributed by atoms with Crippen molar-refractivity contribution in [3.63, 3.8) is 0 Å². The van der Waals surface area contributed by atoms with E-state index in [-0.39, 0.29) is 28.4 Å². The van der Waals surface area contributed by atoms with Gasteiger partial charge in [-0.2, -0.15) is 0 Å². The number of hydrogen-bond acceptors (Lipinski definition) is 2. The minimum Gasteiger partial charge on any atom is -0.382 e. The highest BCUT2D eigenvalue weighted by atomic mass is 79.9. The van der Waals surface area contributed by atoms with Crippen molar-refractivity contribution in [1.29, 1.82) is 0 Å². The highest BCUT2D eigenvalue weighted by molar-refractivity contribution is 9.09. The quantitative estimate of drug-likeness (QED) is 0.564. The molecule has 0 heterocycles. The van der Waals surface area contributed by atoms with Gasteiger partial charge in [0.25, 0.3) is 0 Å². The lowest BCUT2D eigenvalue weighted by Gasteiger charge is -2.62. The van der Waals surface area contributed by atoms with Gasteiger partial charge in [0.1, 0.15) is 5.60 Å². The number of hydrogen-bond donors (Lipinski definition) is 1. The molecule has 0 radical (unpaired) electrons. The summed E-state index contributed by atoms with van der Waals surface area (Å²) in [6.45, 7) is 8.57. The molecule has 2 nitrogen and oxygen atoms in total. The van der Waals surface area contributed by atoms with Gasteiger partial charge in [0.05, 0.1) is 0 Å². The second-order valence-electron chi connectivity index (χ2n) is 8.74. The maximum atomic E-state index is 12.4. The number of fused-ring (bicyclic) bond motifs is 3. The van der Waals surface area contributed by atoms with Crippen molar-refractivity contribution < 1.29 is 9.90 Å². The van der Waals surface area contributed by atoms with Crippen molar-refractivity contribution in [3.8, 4) is 0 Å². The van der Waals surface area contributed by atoms with Gasteiger partial charge in [-0.15, -0.1) is 0 Å². The molecular formula is C20H29BrO2. The predicted molar refractivity (Wildman–Crippen MR) is 97.4 cm³/mol. The van der Waals surface area contributed by atoms with E-state index in [1.165, 1.54) is 0 Å². The summed E-state index contributed by atoms with van der Waals surface area (Å²) in [5.41, 5.74) is -1.23. The van der Waals surface area contributed by atoms with Crippen molar-refractivity contribution in [2.45, 2.75) is 52.6 Å². The van der Waals surface area contributed by atoms with Crippen LogP contribution in [-0.4, -0.2) is 21.8 Å². The second kappa shape index (κ2) is 5.56. The molecule has 1 saturated carbocycles. The Labute approximate surface area is 148 Å². The minimum absolute atomic E-state index is 0.0448. The van der Waals surface area contributed by atoms with Gasteiger partial charge in [-0.1, -0.05) is 54.9 Å². The van der Waals surface area contributed by atoms with E-state index in [4.69, 9.17) is 0 Å². The fraction of sp³-hybridized carbons (Fsp3) is 0.750. The van der Waals surface area contributed by atoms with Crippen LogP contribution in [-0.2, 0) is 4.79 Å². The van der Waals surface area contributed by atoms with Gasteiger partial charge in [0.15, 0.2) is 5.78 Å². The number of carbonyl (C=O) groups excluding carboxylic acids is 1. The van der Waals surface area contributed by atoms with Gasteiger partial charge in [-0.25, -0.2) is 0 Å². The molecule has 0 spiro atoms. The van der Waals surface area contributed by atoms with Gasteiger partial charge in [0, 0.05) is 11.2 Å². The van der Waals surface area contributed by atoms with Crippen LogP contribution in [0.3, 0.4) is 0 Å². The second-order valence-corrected chi connectivity index (χ2v) is 9.30. The van der Waals surface area contributed by atoms with E-state index in [0.29, 0.717) is 11.8 Å². The molecule has 0 unspecified atom stereocenters. The Balaban J connectivity index is 2.14. The number of alkyl halides is 1. The van der Waals surface area contributed by atoms with Crippen LogP contribution in [0.4, 0.5) is 0 Å². The topological polar surface area (TPSA) is 37.3 Å². The van der Waals surface area contributed by atoms with Crippen molar-refractivity contribution in [2.24, 2.45) is 34.5 Å². The van der Waals surface area contributed by atoms with Crippen molar-refractivity contribution >= 4 is 21.7 Å². The predicted octanol–water partition coefficient (Wildman–Crippen LogP) is 4.52. The van der Waals surface area contributed by atoms with Crippen LogP contribution >= 0.6 is 15.9 Å². The molecule has 23 heavy (non-hydrogen) atoms. The lowest BCUT2D eigenvalue weighted by Crippen LogP contribution is -2.62. The lowest BCUT2D eigenvalue weighted by molar-refractivity contribution is -0.163. The molecule has 0 bridgehead atoms. The lowest BCUT2D eigenvalue weighted by atomic mass is 9.43. The van der Waals surface area contributed by atoms with Crippen LogP contribution in [0.1, 0.15) is 47.0 Å². The van der Waals surface area contributed by atoms with E-state index < -0.39 is 5.60 Å². The number of allylic oxidation sites excluding steroid dienone is 3. The van der Waals surface area contributed by atoms with Crippen LogP contribution in [0.25, 0.3) is 0 Å². The molecule has 0 aromatic heterocycles. The summed E-state index contributed by atoms with van der Waals surface area (Å²) in [5.74, 6) is 1.26. The van der Waals surface area contributed by atoms with Crippen molar-refractivity contribution in [2.75, 3.05) is 5.33 Å². The Morgan fingerprint density at radius 3 is 2.65 bits per heavy atom. The average Bonchev–Trinajstić information content (AvgIpc) is 2.50.